The number of cyclic esters (lactones) is 1. The highest BCUT2D eigenvalue weighted by molar-refractivity contribution is 5.70. The molecule has 4 heteroatoms. The topological polar surface area (TPSA) is 55.6 Å². The maximum Gasteiger partial charge on any atom is 0.410 e. The zero-order chi connectivity index (χ0) is 9.26. The Morgan fingerprint density at radius 3 is 2.85 bits per heavy atom. The summed E-state index contributed by atoms with van der Waals surface area (Å²) in [5.74, 6) is 0. The van der Waals surface area contributed by atoms with Crippen LogP contribution in [0.15, 0.2) is 0 Å². The summed E-state index contributed by atoms with van der Waals surface area (Å²) in [6.45, 7) is 1.34. The molecule has 1 heterocycles. The average Bonchev–Trinajstić information content (AvgIpc) is 2.30. The molecule has 4 nitrogen and oxygen atoms in total. The molecule has 0 spiro atoms. The smallest absolute Gasteiger partial charge is 0.410 e. The summed E-state index contributed by atoms with van der Waals surface area (Å²) in [4.78, 5) is 13.2. The molecule has 74 valence electrons. The molecule has 1 aliphatic carbocycles. The Hall–Kier alpha value is -0.770. The number of rotatable bonds is 3. The van der Waals surface area contributed by atoms with Gasteiger partial charge in [-0.05, 0) is 32.2 Å². The zero-order valence-corrected chi connectivity index (χ0v) is 7.74. The molecule has 2 N–H and O–H groups in total. The monoisotopic (exact) mass is 184 g/mol. The van der Waals surface area contributed by atoms with Crippen LogP contribution in [0.2, 0.25) is 0 Å². The molecule has 2 rings (SSSR count). The van der Waals surface area contributed by atoms with Gasteiger partial charge in [-0.3, -0.25) is 0 Å². The molecule has 13 heavy (non-hydrogen) atoms. The third-order valence-electron chi connectivity index (χ3n) is 2.91. The lowest BCUT2D eigenvalue weighted by molar-refractivity contribution is 0.116. The number of ether oxygens (including phenoxy) is 1. The van der Waals surface area contributed by atoms with Crippen molar-refractivity contribution in [1.29, 1.82) is 0 Å². The van der Waals surface area contributed by atoms with Crippen LogP contribution in [0.4, 0.5) is 4.79 Å². The van der Waals surface area contributed by atoms with E-state index in [0.29, 0.717) is 12.6 Å². The number of hydrogen-bond donors (Lipinski definition) is 1. The Kier molecular flexibility index (Phi) is 2.40. The molecular formula is C9H16N2O2. The van der Waals surface area contributed by atoms with Gasteiger partial charge in [0.2, 0.25) is 0 Å². The van der Waals surface area contributed by atoms with E-state index in [-0.39, 0.29) is 12.2 Å². The van der Waals surface area contributed by atoms with Gasteiger partial charge in [-0.2, -0.15) is 0 Å². The Morgan fingerprint density at radius 1 is 1.54 bits per heavy atom. The first-order valence-electron chi connectivity index (χ1n) is 4.98. The van der Waals surface area contributed by atoms with Crippen LogP contribution in [0, 0.1) is 0 Å². The van der Waals surface area contributed by atoms with Crippen molar-refractivity contribution in [2.75, 3.05) is 13.1 Å². The molecule has 0 aromatic rings. The molecular weight excluding hydrogens is 168 g/mol. The highest BCUT2D eigenvalue weighted by Gasteiger charge is 2.37. The van der Waals surface area contributed by atoms with E-state index >= 15 is 0 Å². The first kappa shape index (κ1) is 8.81. The Bertz CT molecular complexity index is 204. The van der Waals surface area contributed by atoms with Crippen LogP contribution in [-0.4, -0.2) is 36.2 Å². The third-order valence-corrected chi connectivity index (χ3v) is 2.91. The molecule has 0 aromatic heterocycles. The van der Waals surface area contributed by atoms with E-state index in [1.807, 2.05) is 4.90 Å². The minimum Gasteiger partial charge on any atom is -0.444 e. The summed E-state index contributed by atoms with van der Waals surface area (Å²) in [6, 6.07) is 0.454. The molecule has 0 aromatic carbocycles. The second-order valence-electron chi connectivity index (χ2n) is 3.82. The van der Waals surface area contributed by atoms with Crippen LogP contribution in [0.1, 0.15) is 25.7 Å². The van der Waals surface area contributed by atoms with Crippen LogP contribution in [0.25, 0.3) is 0 Å². The summed E-state index contributed by atoms with van der Waals surface area (Å²) in [5, 5.41) is 0. The second-order valence-corrected chi connectivity index (χ2v) is 3.82. The van der Waals surface area contributed by atoms with Gasteiger partial charge < -0.3 is 15.4 Å². The highest BCUT2D eigenvalue weighted by Crippen LogP contribution is 2.28. The van der Waals surface area contributed by atoms with Gasteiger partial charge in [-0.15, -0.1) is 0 Å². The van der Waals surface area contributed by atoms with Crippen LogP contribution >= 0.6 is 0 Å². The van der Waals surface area contributed by atoms with Gasteiger partial charge in [0, 0.05) is 6.04 Å². The van der Waals surface area contributed by atoms with E-state index in [1.54, 1.807) is 0 Å². The number of nitrogens with two attached hydrogens (primary N) is 1. The van der Waals surface area contributed by atoms with Crippen LogP contribution in [-0.2, 0) is 4.74 Å². The fourth-order valence-corrected chi connectivity index (χ4v) is 1.87. The number of carbonyl (C=O) groups excluding carboxylic acids is 1. The van der Waals surface area contributed by atoms with Gasteiger partial charge in [0.15, 0.2) is 0 Å². The molecule has 1 unspecified atom stereocenters. The third kappa shape index (κ3) is 1.63. The van der Waals surface area contributed by atoms with Gasteiger partial charge >= 0.3 is 6.09 Å². The second kappa shape index (κ2) is 3.54. The Balaban J connectivity index is 1.87. The number of amides is 1. The minimum absolute atomic E-state index is 0.0399. The molecule has 1 saturated heterocycles. The van der Waals surface area contributed by atoms with E-state index in [0.717, 1.165) is 25.8 Å². The fraction of sp³-hybridized carbons (Fsp3) is 0.889. The van der Waals surface area contributed by atoms with Gasteiger partial charge in [0.05, 0.1) is 6.54 Å². The molecule has 1 atom stereocenters. The first-order chi connectivity index (χ1) is 6.31. The summed E-state index contributed by atoms with van der Waals surface area (Å²) >= 11 is 0. The lowest BCUT2D eigenvalue weighted by Crippen LogP contribution is -2.41. The predicted octanol–water partition coefficient (Wildman–Crippen LogP) is 0.708. The van der Waals surface area contributed by atoms with E-state index in [9.17, 15) is 4.79 Å². The molecule has 2 fully saturated rings. The van der Waals surface area contributed by atoms with Crippen molar-refractivity contribution >= 4 is 6.09 Å². The number of hydrogen-bond acceptors (Lipinski definition) is 3. The van der Waals surface area contributed by atoms with Gasteiger partial charge in [-0.1, -0.05) is 0 Å². The number of carbonyl (C=O) groups is 1. The largest absolute Gasteiger partial charge is 0.444 e. The quantitative estimate of drug-likeness (QED) is 0.702. The molecule has 2 aliphatic rings. The summed E-state index contributed by atoms with van der Waals surface area (Å²) in [5.41, 5.74) is 5.41. The molecule has 1 amide bonds. The average molecular weight is 184 g/mol. The lowest BCUT2D eigenvalue weighted by Gasteiger charge is -2.32. The molecule has 1 saturated carbocycles. The minimum atomic E-state index is -0.136. The van der Waals surface area contributed by atoms with Crippen molar-refractivity contribution in [2.45, 2.75) is 37.8 Å². The Labute approximate surface area is 78.0 Å². The van der Waals surface area contributed by atoms with E-state index in [2.05, 4.69) is 0 Å². The van der Waals surface area contributed by atoms with Gasteiger partial charge in [0.25, 0.3) is 0 Å². The summed E-state index contributed by atoms with van der Waals surface area (Å²) in [7, 11) is 0. The van der Waals surface area contributed by atoms with Crippen molar-refractivity contribution in [1.82, 2.24) is 4.90 Å². The molecule has 0 radical (unpaired) electrons. The van der Waals surface area contributed by atoms with Crippen LogP contribution < -0.4 is 5.73 Å². The molecule has 1 aliphatic heterocycles. The predicted molar refractivity (Wildman–Crippen MR) is 48.3 cm³/mol. The van der Waals surface area contributed by atoms with Crippen LogP contribution in [0.3, 0.4) is 0 Å². The van der Waals surface area contributed by atoms with Crippen LogP contribution in [0.5, 0.6) is 0 Å². The van der Waals surface area contributed by atoms with Gasteiger partial charge in [0.1, 0.15) is 6.10 Å². The van der Waals surface area contributed by atoms with Gasteiger partial charge in [-0.25, -0.2) is 4.79 Å². The maximum absolute atomic E-state index is 11.4. The first-order valence-corrected chi connectivity index (χ1v) is 4.98. The Morgan fingerprint density at radius 2 is 2.31 bits per heavy atom. The van der Waals surface area contributed by atoms with Crippen molar-refractivity contribution < 1.29 is 9.53 Å². The van der Waals surface area contributed by atoms with E-state index < -0.39 is 0 Å². The SMILES string of the molecule is NCCC1CN(C2CCC2)C(=O)O1. The summed E-state index contributed by atoms with van der Waals surface area (Å²) < 4.78 is 5.18. The lowest BCUT2D eigenvalue weighted by atomic mass is 9.92. The maximum atomic E-state index is 11.4. The standard InChI is InChI=1S/C9H16N2O2/c10-5-4-8-6-11(9(12)13-8)7-2-1-3-7/h7-8H,1-6,10H2. The fourth-order valence-electron chi connectivity index (χ4n) is 1.87. The number of nitrogens with zero attached hydrogens (tertiary/aromatic N) is 1. The normalized spacial score (nSPS) is 28.8. The van der Waals surface area contributed by atoms with E-state index in [1.165, 1.54) is 6.42 Å². The van der Waals surface area contributed by atoms with Crippen molar-refractivity contribution in [3.63, 3.8) is 0 Å². The van der Waals surface area contributed by atoms with Crippen molar-refractivity contribution in [2.24, 2.45) is 5.73 Å². The highest BCUT2D eigenvalue weighted by atomic mass is 16.6. The van der Waals surface area contributed by atoms with E-state index in [4.69, 9.17) is 10.5 Å². The van der Waals surface area contributed by atoms with Crippen molar-refractivity contribution in [3.05, 3.63) is 0 Å². The summed E-state index contributed by atoms with van der Waals surface area (Å²) in [6.07, 6.45) is 4.22. The van der Waals surface area contributed by atoms with Crippen molar-refractivity contribution in [3.8, 4) is 0 Å². The molecule has 0 bridgehead atoms. The zero-order valence-electron chi connectivity index (χ0n) is 7.74.